The quantitative estimate of drug-likeness (QED) is 0.705. The number of ether oxygens (including phenoxy) is 1. The molecule has 1 N–H and O–H groups in total. The van der Waals surface area contributed by atoms with Gasteiger partial charge in [0, 0.05) is 37.8 Å². The number of likely N-dealkylation sites (N-methyl/N-ethyl adjacent to an activating group) is 1. The number of carboxylic acids is 1. The molecule has 0 aromatic heterocycles. The summed E-state index contributed by atoms with van der Waals surface area (Å²) in [6.07, 6.45) is 1.09. The summed E-state index contributed by atoms with van der Waals surface area (Å²) < 4.78 is 37.7. The Balaban J connectivity index is 0.000000383. The van der Waals surface area contributed by atoms with Crippen LogP contribution in [0.2, 0.25) is 0 Å². The first kappa shape index (κ1) is 25.5. The molecule has 0 bridgehead atoms. The number of carbonyl (C=O) groups is 2. The van der Waals surface area contributed by atoms with Crippen LogP contribution in [-0.2, 0) is 9.53 Å². The maximum absolute atomic E-state index is 12.9. The number of carboxylic acid groups (broad SMARTS) is 1. The van der Waals surface area contributed by atoms with E-state index in [9.17, 15) is 18.0 Å². The first-order chi connectivity index (χ1) is 15.5. The van der Waals surface area contributed by atoms with Crippen molar-refractivity contribution in [3.8, 4) is 0 Å². The normalized spacial score (nSPS) is 22.7. The van der Waals surface area contributed by atoms with Gasteiger partial charge in [-0.2, -0.15) is 13.2 Å². The van der Waals surface area contributed by atoms with E-state index in [0.29, 0.717) is 11.5 Å². The van der Waals surface area contributed by atoms with Crippen molar-refractivity contribution in [2.75, 3.05) is 39.9 Å². The molecule has 3 aliphatic rings. The van der Waals surface area contributed by atoms with Gasteiger partial charge < -0.3 is 19.6 Å². The molecule has 6 nitrogen and oxygen atoms in total. The first-order valence-corrected chi connectivity index (χ1v) is 11.4. The number of alkyl halides is 3. The second kappa shape index (κ2) is 10.4. The Morgan fingerprint density at radius 3 is 2.30 bits per heavy atom. The SMILES string of the molecule is Cc1ccccc1C(=O)N1CCC2(CC1)CC(COCC1CC1)N(C)C2.O=C(O)C(F)(F)F. The molecule has 4 rings (SSSR count). The molecule has 3 fully saturated rings. The molecule has 1 aromatic carbocycles. The molecular weight excluding hydrogens is 437 g/mol. The van der Waals surface area contributed by atoms with Crippen molar-refractivity contribution < 1.29 is 32.6 Å². The molecule has 1 atom stereocenters. The average molecular weight is 471 g/mol. The van der Waals surface area contributed by atoms with Crippen molar-refractivity contribution >= 4 is 11.9 Å². The lowest BCUT2D eigenvalue weighted by molar-refractivity contribution is -0.192. The van der Waals surface area contributed by atoms with E-state index < -0.39 is 12.1 Å². The molecule has 1 aromatic rings. The second-order valence-electron chi connectivity index (χ2n) is 9.66. The number of aryl methyl sites for hydroxylation is 1. The summed E-state index contributed by atoms with van der Waals surface area (Å²) in [6, 6.07) is 8.49. The predicted molar refractivity (Wildman–Crippen MR) is 117 cm³/mol. The number of halogens is 3. The van der Waals surface area contributed by atoms with E-state index in [0.717, 1.165) is 62.7 Å². The minimum absolute atomic E-state index is 0.202. The van der Waals surface area contributed by atoms with E-state index in [2.05, 4.69) is 16.8 Å². The van der Waals surface area contributed by atoms with Crippen molar-refractivity contribution in [2.45, 2.75) is 51.2 Å². The number of benzene rings is 1. The van der Waals surface area contributed by atoms with Crippen LogP contribution in [0.15, 0.2) is 24.3 Å². The highest BCUT2D eigenvalue weighted by atomic mass is 19.4. The van der Waals surface area contributed by atoms with Gasteiger partial charge >= 0.3 is 12.1 Å². The summed E-state index contributed by atoms with van der Waals surface area (Å²) in [6.45, 7) is 6.78. The molecule has 1 amide bonds. The van der Waals surface area contributed by atoms with Gasteiger partial charge in [-0.25, -0.2) is 4.79 Å². The zero-order valence-electron chi connectivity index (χ0n) is 19.2. The molecular formula is C24H33F3N2O4. The Bertz CT molecular complexity index is 833. The fourth-order valence-electron chi connectivity index (χ4n) is 4.75. The minimum atomic E-state index is -5.08. The lowest BCUT2D eigenvalue weighted by Gasteiger charge is -2.39. The van der Waals surface area contributed by atoms with Crippen molar-refractivity contribution in [3.05, 3.63) is 35.4 Å². The molecule has 33 heavy (non-hydrogen) atoms. The number of nitrogens with zero attached hydrogens (tertiary/aromatic N) is 2. The monoisotopic (exact) mass is 470 g/mol. The topological polar surface area (TPSA) is 70.1 Å². The predicted octanol–water partition coefficient (Wildman–Crippen LogP) is 3.98. The third-order valence-electron chi connectivity index (χ3n) is 6.97. The summed E-state index contributed by atoms with van der Waals surface area (Å²) in [5.41, 5.74) is 2.31. The van der Waals surface area contributed by atoms with Crippen LogP contribution in [0.25, 0.3) is 0 Å². The lowest BCUT2D eigenvalue weighted by Crippen LogP contribution is -2.44. The first-order valence-electron chi connectivity index (χ1n) is 11.4. The number of rotatable bonds is 5. The van der Waals surface area contributed by atoms with Crippen LogP contribution in [0.3, 0.4) is 0 Å². The largest absolute Gasteiger partial charge is 0.490 e. The van der Waals surface area contributed by atoms with Gasteiger partial charge in [0.25, 0.3) is 5.91 Å². The van der Waals surface area contributed by atoms with Crippen LogP contribution < -0.4 is 0 Å². The van der Waals surface area contributed by atoms with Gasteiger partial charge in [-0.15, -0.1) is 0 Å². The molecule has 1 unspecified atom stereocenters. The Hall–Kier alpha value is -2.13. The summed E-state index contributed by atoms with van der Waals surface area (Å²) in [7, 11) is 2.24. The summed E-state index contributed by atoms with van der Waals surface area (Å²) in [4.78, 5) is 26.3. The van der Waals surface area contributed by atoms with Crippen LogP contribution in [0.1, 0.15) is 48.0 Å². The molecule has 2 heterocycles. The number of carbonyl (C=O) groups excluding carboxylic acids is 1. The van der Waals surface area contributed by atoms with Crippen LogP contribution in [0.4, 0.5) is 13.2 Å². The minimum Gasteiger partial charge on any atom is -0.475 e. The standard InChI is InChI=1S/C22H32N2O2.C2HF3O2/c1-17-5-3-4-6-20(17)21(25)24-11-9-22(10-12-24)13-19(23(2)16-22)15-26-14-18-7-8-18;3-2(4,5)1(6)7/h3-6,18-19H,7-16H2,1-2H3;(H,6,7). The second-order valence-corrected chi connectivity index (χ2v) is 9.66. The summed E-state index contributed by atoms with van der Waals surface area (Å²) in [5, 5.41) is 7.12. The van der Waals surface area contributed by atoms with Crippen molar-refractivity contribution in [3.63, 3.8) is 0 Å². The Labute approximate surface area is 192 Å². The summed E-state index contributed by atoms with van der Waals surface area (Å²) >= 11 is 0. The third kappa shape index (κ3) is 6.93. The number of likely N-dealkylation sites (tertiary alicyclic amines) is 2. The highest BCUT2D eigenvalue weighted by Crippen LogP contribution is 2.43. The van der Waals surface area contributed by atoms with E-state index in [1.54, 1.807) is 0 Å². The smallest absolute Gasteiger partial charge is 0.475 e. The summed E-state index contributed by atoms with van der Waals surface area (Å²) in [5.74, 6) is -1.72. The van der Waals surface area contributed by atoms with Crippen LogP contribution >= 0.6 is 0 Å². The lowest BCUT2D eigenvalue weighted by atomic mass is 9.76. The molecule has 1 spiro atoms. The fourth-order valence-corrected chi connectivity index (χ4v) is 4.75. The zero-order chi connectivity index (χ0) is 24.2. The Kier molecular flexibility index (Phi) is 8.05. The van der Waals surface area contributed by atoms with Crippen LogP contribution in [0.5, 0.6) is 0 Å². The van der Waals surface area contributed by atoms with Gasteiger partial charge in [-0.3, -0.25) is 4.79 Å². The van der Waals surface area contributed by atoms with Gasteiger partial charge in [0.15, 0.2) is 0 Å². The van der Waals surface area contributed by atoms with E-state index in [4.69, 9.17) is 14.6 Å². The Morgan fingerprint density at radius 2 is 1.76 bits per heavy atom. The molecule has 9 heteroatoms. The highest BCUT2D eigenvalue weighted by molar-refractivity contribution is 5.95. The number of amides is 1. The number of hydrogen-bond acceptors (Lipinski definition) is 4. The van der Waals surface area contributed by atoms with E-state index >= 15 is 0 Å². The van der Waals surface area contributed by atoms with Gasteiger partial charge in [-0.1, -0.05) is 18.2 Å². The molecule has 1 aliphatic carbocycles. The van der Waals surface area contributed by atoms with Crippen molar-refractivity contribution in [2.24, 2.45) is 11.3 Å². The molecule has 2 saturated heterocycles. The molecule has 0 radical (unpaired) electrons. The Morgan fingerprint density at radius 1 is 1.15 bits per heavy atom. The van der Waals surface area contributed by atoms with Crippen LogP contribution in [0, 0.1) is 18.3 Å². The number of hydrogen-bond donors (Lipinski definition) is 1. The van der Waals surface area contributed by atoms with Crippen LogP contribution in [-0.4, -0.2) is 78.9 Å². The van der Waals surface area contributed by atoms with Gasteiger partial charge in [0.05, 0.1) is 6.61 Å². The van der Waals surface area contributed by atoms with Gasteiger partial charge in [0.2, 0.25) is 0 Å². The fraction of sp³-hybridized carbons (Fsp3) is 0.667. The maximum atomic E-state index is 12.9. The maximum Gasteiger partial charge on any atom is 0.490 e. The zero-order valence-corrected chi connectivity index (χ0v) is 19.2. The van der Waals surface area contributed by atoms with E-state index in [1.165, 1.54) is 19.3 Å². The molecule has 2 aliphatic heterocycles. The van der Waals surface area contributed by atoms with Gasteiger partial charge in [0.1, 0.15) is 0 Å². The van der Waals surface area contributed by atoms with Gasteiger partial charge in [-0.05, 0) is 69.0 Å². The van der Waals surface area contributed by atoms with Crippen molar-refractivity contribution in [1.29, 1.82) is 0 Å². The number of piperidine rings is 1. The number of aliphatic carboxylic acids is 1. The van der Waals surface area contributed by atoms with E-state index in [-0.39, 0.29) is 5.91 Å². The third-order valence-corrected chi connectivity index (χ3v) is 6.97. The molecule has 1 saturated carbocycles. The average Bonchev–Trinajstić information content (AvgIpc) is 3.52. The highest BCUT2D eigenvalue weighted by Gasteiger charge is 2.45. The molecule has 184 valence electrons. The van der Waals surface area contributed by atoms with Crippen molar-refractivity contribution in [1.82, 2.24) is 9.80 Å². The van der Waals surface area contributed by atoms with E-state index in [1.807, 2.05) is 31.2 Å².